The molecule has 0 aliphatic carbocycles. The van der Waals surface area contributed by atoms with Crippen molar-refractivity contribution in [1.29, 1.82) is 0 Å². The smallest absolute Gasteiger partial charge is 0.239 e. The molecule has 1 aliphatic heterocycles. The third kappa shape index (κ3) is 8.50. The van der Waals surface area contributed by atoms with Crippen molar-refractivity contribution >= 4 is 12.0 Å². The second kappa shape index (κ2) is 8.68. The van der Waals surface area contributed by atoms with E-state index < -0.39 is 0 Å². The molecule has 1 fully saturated rings. The predicted octanol–water partition coefficient (Wildman–Crippen LogP) is 1.14. The Kier molecular flexibility index (Phi) is 7.74. The molecule has 0 aromatic rings. The molecule has 0 saturated carbocycles. The van der Waals surface area contributed by atoms with Crippen molar-refractivity contribution in [2.75, 3.05) is 6.54 Å². The van der Waals surface area contributed by atoms with E-state index in [0.29, 0.717) is 0 Å². The summed E-state index contributed by atoms with van der Waals surface area (Å²) in [6.07, 6.45) is 6.58. The van der Waals surface area contributed by atoms with Gasteiger partial charge in [0.15, 0.2) is 0 Å². The maximum atomic E-state index is 10.6. The summed E-state index contributed by atoms with van der Waals surface area (Å²) in [5, 5.41) is 2.81. The Morgan fingerprint density at radius 1 is 1.46 bits per heavy atom. The molecule has 0 unspecified atom stereocenters. The molecule has 4 nitrogen and oxygen atoms in total. The van der Waals surface area contributed by atoms with Crippen LogP contribution in [-0.4, -0.2) is 18.5 Å². The third-order valence-electron chi connectivity index (χ3n) is 1.55. The molecule has 1 rings (SSSR count). The van der Waals surface area contributed by atoms with Gasteiger partial charge in [0.05, 0.1) is 0 Å². The molecule has 4 heteroatoms. The molecule has 0 atom stereocenters. The van der Waals surface area contributed by atoms with Gasteiger partial charge in [-0.2, -0.15) is 4.99 Å². The molecule has 1 aliphatic rings. The van der Waals surface area contributed by atoms with E-state index in [-0.39, 0.29) is 5.91 Å². The van der Waals surface area contributed by atoms with E-state index in [4.69, 9.17) is 4.79 Å². The lowest BCUT2D eigenvalue weighted by molar-refractivity contribution is -0.120. The van der Waals surface area contributed by atoms with E-state index in [1.807, 2.05) is 0 Å². The van der Waals surface area contributed by atoms with Crippen LogP contribution in [0.15, 0.2) is 17.8 Å². The molecule has 1 N–H and O–H groups in total. The van der Waals surface area contributed by atoms with Crippen molar-refractivity contribution in [3.8, 4) is 0 Å². The zero-order valence-corrected chi connectivity index (χ0v) is 7.58. The summed E-state index contributed by atoms with van der Waals surface area (Å²) in [4.78, 5) is 22.5. The number of carbonyl (C=O) groups excluding carboxylic acids is 2. The van der Waals surface area contributed by atoms with Crippen molar-refractivity contribution in [2.24, 2.45) is 4.99 Å². The Labute approximate surface area is 77.7 Å². The van der Waals surface area contributed by atoms with Gasteiger partial charge in [-0.3, -0.25) is 4.79 Å². The first-order chi connectivity index (χ1) is 6.31. The number of nitrogens with one attached hydrogen (secondary N) is 1. The number of hydrogen-bond acceptors (Lipinski definition) is 3. The fourth-order valence-electron chi connectivity index (χ4n) is 0.941. The van der Waals surface area contributed by atoms with Crippen LogP contribution in [0, 0.1) is 0 Å². The van der Waals surface area contributed by atoms with E-state index in [0.717, 1.165) is 32.0 Å². The summed E-state index contributed by atoms with van der Waals surface area (Å²) < 4.78 is 0. The number of isocyanates is 1. The molecule has 1 amide bonds. The zero-order chi connectivity index (χ0) is 9.94. The summed E-state index contributed by atoms with van der Waals surface area (Å²) >= 11 is 0. The van der Waals surface area contributed by atoms with E-state index in [1.54, 1.807) is 0 Å². The van der Waals surface area contributed by atoms with Crippen LogP contribution in [0.1, 0.15) is 25.7 Å². The average molecular weight is 182 g/mol. The highest BCUT2D eigenvalue weighted by molar-refractivity contribution is 5.75. The maximum Gasteiger partial charge on any atom is 0.239 e. The van der Waals surface area contributed by atoms with Gasteiger partial charge in [0.2, 0.25) is 12.0 Å². The van der Waals surface area contributed by atoms with Gasteiger partial charge in [-0.15, -0.1) is 0 Å². The van der Waals surface area contributed by atoms with Crippen LogP contribution in [0.3, 0.4) is 0 Å². The highest BCUT2D eigenvalue weighted by Crippen LogP contribution is 2.02. The molecule has 0 aromatic heterocycles. The number of amides is 1. The number of hydrogen-bond donors (Lipinski definition) is 1. The lowest BCUT2D eigenvalue weighted by atomic mass is 10.2. The Bertz CT molecular complexity index is 198. The van der Waals surface area contributed by atoms with Crippen LogP contribution >= 0.6 is 0 Å². The first kappa shape index (κ1) is 11.6. The van der Waals surface area contributed by atoms with Crippen molar-refractivity contribution in [3.05, 3.63) is 12.8 Å². The Morgan fingerprint density at radius 2 is 2.23 bits per heavy atom. The number of nitrogens with zero attached hydrogens (tertiary/aromatic N) is 1. The molecular weight excluding hydrogens is 168 g/mol. The monoisotopic (exact) mass is 182 g/mol. The van der Waals surface area contributed by atoms with Gasteiger partial charge >= 0.3 is 0 Å². The van der Waals surface area contributed by atoms with Crippen LogP contribution in [-0.2, 0) is 9.59 Å². The van der Waals surface area contributed by atoms with E-state index in [9.17, 15) is 4.79 Å². The molecule has 0 bridgehead atoms. The summed E-state index contributed by atoms with van der Waals surface area (Å²) in [7, 11) is 0. The third-order valence-corrected chi connectivity index (χ3v) is 1.55. The van der Waals surface area contributed by atoms with E-state index in [2.05, 4.69) is 16.9 Å². The molecular formula is C9H14N2O2. The van der Waals surface area contributed by atoms with Gasteiger partial charge in [0.25, 0.3) is 0 Å². The summed E-state index contributed by atoms with van der Waals surface area (Å²) in [6, 6.07) is 0. The maximum absolute atomic E-state index is 10.6. The minimum atomic E-state index is 0.225. The van der Waals surface area contributed by atoms with E-state index >= 15 is 0 Å². The SMILES string of the molecule is C=CN=C=O.O=C1CCCCCN1. The molecule has 13 heavy (non-hydrogen) atoms. The molecule has 0 radical (unpaired) electrons. The van der Waals surface area contributed by atoms with Gasteiger partial charge < -0.3 is 5.32 Å². The lowest BCUT2D eigenvalue weighted by Crippen LogP contribution is -2.21. The minimum absolute atomic E-state index is 0.225. The van der Waals surface area contributed by atoms with Crippen LogP contribution in [0.25, 0.3) is 0 Å². The average Bonchev–Trinajstić information content (AvgIpc) is 2.35. The second-order valence-corrected chi connectivity index (χ2v) is 2.56. The van der Waals surface area contributed by atoms with Crippen LogP contribution in [0.4, 0.5) is 0 Å². The standard InChI is InChI=1S/C6H11NO.C3H3NO/c8-6-4-2-1-3-5-7-6;1-2-4-3-5/h1-5H2,(H,7,8);2H,1H2. The van der Waals surface area contributed by atoms with Gasteiger partial charge in [-0.1, -0.05) is 13.0 Å². The van der Waals surface area contributed by atoms with Gasteiger partial charge in [0, 0.05) is 19.2 Å². The number of carbonyl (C=O) groups is 1. The summed E-state index contributed by atoms with van der Waals surface area (Å²) in [5.41, 5.74) is 0. The predicted molar refractivity (Wildman–Crippen MR) is 49.8 cm³/mol. The summed E-state index contributed by atoms with van der Waals surface area (Å²) in [6.45, 7) is 4.01. The second-order valence-electron chi connectivity index (χ2n) is 2.56. The van der Waals surface area contributed by atoms with Crippen molar-refractivity contribution in [2.45, 2.75) is 25.7 Å². The zero-order valence-electron chi connectivity index (χ0n) is 7.58. The highest BCUT2D eigenvalue weighted by atomic mass is 16.1. The molecule has 0 spiro atoms. The first-order valence-electron chi connectivity index (χ1n) is 4.26. The summed E-state index contributed by atoms with van der Waals surface area (Å²) in [5.74, 6) is 0.225. The number of rotatable bonds is 1. The van der Waals surface area contributed by atoms with Crippen LogP contribution in [0.2, 0.25) is 0 Å². The quantitative estimate of drug-likeness (QED) is 0.488. The fourth-order valence-corrected chi connectivity index (χ4v) is 0.941. The Morgan fingerprint density at radius 3 is 2.77 bits per heavy atom. The molecule has 1 saturated heterocycles. The number of aliphatic imine (C=N–C) groups is 1. The molecule has 72 valence electrons. The largest absolute Gasteiger partial charge is 0.356 e. The van der Waals surface area contributed by atoms with Crippen LogP contribution in [0.5, 0.6) is 0 Å². The molecule has 1 heterocycles. The van der Waals surface area contributed by atoms with Crippen LogP contribution < -0.4 is 5.32 Å². The van der Waals surface area contributed by atoms with Crippen molar-refractivity contribution in [3.63, 3.8) is 0 Å². The Hall–Kier alpha value is -1.41. The van der Waals surface area contributed by atoms with Gasteiger partial charge in [-0.05, 0) is 12.8 Å². The topological polar surface area (TPSA) is 58.5 Å². The normalized spacial score (nSPS) is 15.2. The first-order valence-corrected chi connectivity index (χ1v) is 4.26. The minimum Gasteiger partial charge on any atom is -0.356 e. The molecule has 0 aromatic carbocycles. The van der Waals surface area contributed by atoms with Gasteiger partial charge in [-0.25, -0.2) is 4.79 Å². The van der Waals surface area contributed by atoms with Crippen molar-refractivity contribution in [1.82, 2.24) is 5.32 Å². The highest BCUT2D eigenvalue weighted by Gasteiger charge is 2.03. The lowest BCUT2D eigenvalue weighted by Gasteiger charge is -1.93. The van der Waals surface area contributed by atoms with Crippen molar-refractivity contribution < 1.29 is 9.59 Å². The Balaban J connectivity index is 0.000000252. The fraction of sp³-hybridized carbons (Fsp3) is 0.556. The van der Waals surface area contributed by atoms with E-state index in [1.165, 1.54) is 12.5 Å². The van der Waals surface area contributed by atoms with Gasteiger partial charge in [0.1, 0.15) is 0 Å².